The van der Waals surface area contributed by atoms with Crippen molar-refractivity contribution in [1.82, 2.24) is 4.98 Å². The third-order valence-electron chi connectivity index (χ3n) is 1.44. The molecule has 0 aliphatic rings. The Balaban J connectivity index is 2.68. The number of carbonyl (C=O) groups is 1. The average Bonchev–Trinajstić information content (AvgIpc) is 2.20. The van der Waals surface area contributed by atoms with Crippen LogP contribution in [0.15, 0.2) is 18.3 Å². The van der Waals surface area contributed by atoms with Gasteiger partial charge in [0.05, 0.1) is 12.7 Å². The minimum atomic E-state index is -0.634. The molecule has 0 unspecified atom stereocenters. The number of aromatic nitrogens is 1. The summed E-state index contributed by atoms with van der Waals surface area (Å²) < 4.78 is 17.2. The van der Waals surface area contributed by atoms with Gasteiger partial charge in [0.15, 0.2) is 0 Å². The van der Waals surface area contributed by atoms with E-state index >= 15 is 0 Å². The molecule has 72 valence electrons. The molecule has 1 rings (SSSR count). The molecular weight excluding hydrogens is 185 g/mol. The van der Waals surface area contributed by atoms with Gasteiger partial charge in [0.1, 0.15) is 6.42 Å². The van der Waals surface area contributed by atoms with E-state index in [2.05, 4.69) is 21.6 Å². The van der Waals surface area contributed by atoms with Gasteiger partial charge in [-0.2, -0.15) is 4.39 Å². The van der Waals surface area contributed by atoms with Crippen LogP contribution in [-0.4, -0.2) is 18.1 Å². The van der Waals surface area contributed by atoms with Crippen molar-refractivity contribution >= 4 is 5.97 Å². The summed E-state index contributed by atoms with van der Waals surface area (Å²) in [6.45, 7) is 0. The number of pyridine rings is 1. The van der Waals surface area contributed by atoms with Gasteiger partial charge in [-0.05, 0) is 12.1 Å². The summed E-state index contributed by atoms with van der Waals surface area (Å²) in [4.78, 5) is 14.1. The molecule has 0 saturated carbocycles. The lowest BCUT2D eigenvalue weighted by Gasteiger charge is -1.91. The van der Waals surface area contributed by atoms with E-state index in [9.17, 15) is 9.18 Å². The van der Waals surface area contributed by atoms with E-state index in [0.717, 1.165) is 0 Å². The van der Waals surface area contributed by atoms with Crippen LogP contribution in [0.25, 0.3) is 0 Å². The number of rotatable bonds is 1. The molecule has 3 nitrogen and oxygen atoms in total. The van der Waals surface area contributed by atoms with Crippen molar-refractivity contribution in [2.24, 2.45) is 0 Å². The zero-order valence-corrected chi connectivity index (χ0v) is 7.58. The lowest BCUT2D eigenvalue weighted by Crippen LogP contribution is -1.97. The Labute approximate surface area is 80.9 Å². The van der Waals surface area contributed by atoms with Crippen LogP contribution in [0.1, 0.15) is 12.0 Å². The second kappa shape index (κ2) is 4.97. The van der Waals surface area contributed by atoms with Gasteiger partial charge in [0, 0.05) is 6.20 Å². The first-order valence-electron chi connectivity index (χ1n) is 3.90. The highest BCUT2D eigenvalue weighted by Crippen LogP contribution is 2.00. The fourth-order valence-electron chi connectivity index (χ4n) is 0.763. The Bertz CT molecular complexity index is 393. The highest BCUT2D eigenvalue weighted by Gasteiger charge is 1.97. The van der Waals surface area contributed by atoms with Crippen molar-refractivity contribution in [1.29, 1.82) is 0 Å². The number of esters is 1. The van der Waals surface area contributed by atoms with Crippen LogP contribution < -0.4 is 0 Å². The molecule has 14 heavy (non-hydrogen) atoms. The van der Waals surface area contributed by atoms with Crippen LogP contribution in [0.5, 0.6) is 0 Å². The first-order valence-corrected chi connectivity index (χ1v) is 3.90. The zero-order valence-electron chi connectivity index (χ0n) is 7.58. The SMILES string of the molecule is COC(=O)CC#Cc1cccnc1F. The maximum absolute atomic E-state index is 12.9. The highest BCUT2D eigenvalue weighted by atomic mass is 19.1. The smallest absolute Gasteiger partial charge is 0.317 e. The number of ether oxygens (including phenoxy) is 1. The third kappa shape index (κ3) is 2.87. The molecule has 1 aromatic heterocycles. The van der Waals surface area contributed by atoms with E-state index in [1.165, 1.54) is 19.4 Å². The van der Waals surface area contributed by atoms with E-state index in [1.807, 2.05) is 0 Å². The largest absolute Gasteiger partial charge is 0.468 e. The van der Waals surface area contributed by atoms with Gasteiger partial charge >= 0.3 is 5.97 Å². The minimum Gasteiger partial charge on any atom is -0.468 e. The molecule has 0 fully saturated rings. The quantitative estimate of drug-likeness (QED) is 0.381. The number of carbonyl (C=O) groups excluding carboxylic acids is 1. The average molecular weight is 193 g/mol. The van der Waals surface area contributed by atoms with Crippen molar-refractivity contribution in [2.75, 3.05) is 7.11 Å². The lowest BCUT2D eigenvalue weighted by molar-refractivity contribution is -0.139. The molecule has 1 heterocycles. The van der Waals surface area contributed by atoms with E-state index in [-0.39, 0.29) is 12.0 Å². The maximum atomic E-state index is 12.9. The van der Waals surface area contributed by atoms with Crippen LogP contribution in [-0.2, 0) is 9.53 Å². The van der Waals surface area contributed by atoms with Gasteiger partial charge < -0.3 is 4.74 Å². The predicted molar refractivity (Wildman–Crippen MR) is 47.7 cm³/mol. The van der Waals surface area contributed by atoms with Crippen molar-refractivity contribution in [3.05, 3.63) is 29.8 Å². The number of nitrogens with zero attached hydrogens (tertiary/aromatic N) is 1. The second-order valence-corrected chi connectivity index (χ2v) is 2.40. The standard InChI is InChI=1S/C10H8FNO2/c1-14-9(13)6-2-4-8-5-3-7-12-10(8)11/h3,5,7H,6H2,1H3. The first kappa shape index (κ1) is 10.2. The molecule has 0 aliphatic heterocycles. The summed E-state index contributed by atoms with van der Waals surface area (Å²) in [6, 6.07) is 3.07. The molecule has 0 aliphatic carbocycles. The number of hydrogen-bond acceptors (Lipinski definition) is 3. The van der Waals surface area contributed by atoms with Gasteiger partial charge in [-0.25, -0.2) is 4.98 Å². The van der Waals surface area contributed by atoms with Gasteiger partial charge in [0.25, 0.3) is 0 Å². The molecule has 1 aromatic rings. The molecule has 0 saturated heterocycles. The molecule has 0 aromatic carbocycles. The molecule has 0 amide bonds. The molecule has 0 N–H and O–H groups in total. The van der Waals surface area contributed by atoms with Gasteiger partial charge in [-0.15, -0.1) is 0 Å². The van der Waals surface area contributed by atoms with Crippen LogP contribution in [0.2, 0.25) is 0 Å². The summed E-state index contributed by atoms with van der Waals surface area (Å²) in [5, 5.41) is 0. The zero-order chi connectivity index (χ0) is 10.4. The number of halogens is 1. The summed E-state index contributed by atoms with van der Waals surface area (Å²) in [5.41, 5.74) is 0.177. The Morgan fingerprint density at radius 3 is 3.14 bits per heavy atom. The Morgan fingerprint density at radius 2 is 2.50 bits per heavy atom. The van der Waals surface area contributed by atoms with Gasteiger partial charge in [0.2, 0.25) is 5.95 Å². The molecule has 0 radical (unpaired) electrons. The van der Waals surface area contributed by atoms with Crippen LogP contribution >= 0.6 is 0 Å². The Hall–Kier alpha value is -1.89. The number of methoxy groups -OCH3 is 1. The Kier molecular flexibility index (Phi) is 3.62. The molecular formula is C10H8FNO2. The maximum Gasteiger partial charge on any atom is 0.317 e. The number of hydrogen-bond donors (Lipinski definition) is 0. The van der Waals surface area contributed by atoms with E-state index in [1.54, 1.807) is 6.07 Å². The highest BCUT2D eigenvalue weighted by molar-refractivity contribution is 5.72. The second-order valence-electron chi connectivity index (χ2n) is 2.40. The molecule has 4 heteroatoms. The minimum absolute atomic E-state index is 0.0508. The first-order chi connectivity index (χ1) is 6.74. The normalized spacial score (nSPS) is 8.71. The van der Waals surface area contributed by atoms with Crippen LogP contribution in [0, 0.1) is 17.8 Å². The molecule has 0 bridgehead atoms. The van der Waals surface area contributed by atoms with Crippen LogP contribution in [0.4, 0.5) is 4.39 Å². The van der Waals surface area contributed by atoms with Gasteiger partial charge in [-0.3, -0.25) is 4.79 Å². The van der Waals surface area contributed by atoms with Crippen molar-refractivity contribution in [2.45, 2.75) is 6.42 Å². The van der Waals surface area contributed by atoms with E-state index < -0.39 is 11.9 Å². The predicted octanol–water partition coefficient (Wildman–Crippen LogP) is 1.14. The molecule has 0 spiro atoms. The van der Waals surface area contributed by atoms with Crippen molar-refractivity contribution in [3.8, 4) is 11.8 Å². The van der Waals surface area contributed by atoms with Crippen LogP contribution in [0.3, 0.4) is 0 Å². The fourth-order valence-corrected chi connectivity index (χ4v) is 0.763. The summed E-state index contributed by atoms with van der Waals surface area (Å²) in [7, 11) is 1.27. The third-order valence-corrected chi connectivity index (χ3v) is 1.44. The summed E-state index contributed by atoms with van der Waals surface area (Å²) in [5.74, 6) is 3.90. The lowest BCUT2D eigenvalue weighted by atomic mass is 10.2. The summed E-state index contributed by atoms with van der Waals surface area (Å²) >= 11 is 0. The topological polar surface area (TPSA) is 39.2 Å². The van der Waals surface area contributed by atoms with Crippen molar-refractivity contribution < 1.29 is 13.9 Å². The van der Waals surface area contributed by atoms with Gasteiger partial charge in [-0.1, -0.05) is 11.8 Å². The molecule has 0 atom stereocenters. The summed E-state index contributed by atoms with van der Waals surface area (Å²) in [6.07, 6.45) is 1.28. The fraction of sp³-hybridized carbons (Fsp3) is 0.200. The van der Waals surface area contributed by atoms with E-state index in [0.29, 0.717) is 0 Å². The Morgan fingerprint density at radius 1 is 1.71 bits per heavy atom. The van der Waals surface area contributed by atoms with Crippen molar-refractivity contribution in [3.63, 3.8) is 0 Å². The van der Waals surface area contributed by atoms with E-state index in [4.69, 9.17) is 0 Å². The monoisotopic (exact) mass is 193 g/mol.